The van der Waals surface area contributed by atoms with Gasteiger partial charge >= 0.3 is 0 Å². The first kappa shape index (κ1) is 10.5. The molecule has 0 aliphatic rings. The van der Waals surface area contributed by atoms with Crippen molar-refractivity contribution in [3.05, 3.63) is 35.8 Å². The van der Waals surface area contributed by atoms with Gasteiger partial charge in [0.2, 0.25) is 0 Å². The Morgan fingerprint density at radius 2 is 2.31 bits per heavy atom. The van der Waals surface area contributed by atoms with Gasteiger partial charge in [0.05, 0.1) is 17.9 Å². The Hall–Kier alpha value is -2.04. The van der Waals surface area contributed by atoms with E-state index in [0.717, 1.165) is 11.3 Å². The van der Waals surface area contributed by atoms with E-state index in [4.69, 9.17) is 5.73 Å². The van der Waals surface area contributed by atoms with Crippen molar-refractivity contribution in [3.8, 4) is 0 Å². The number of pyridine rings is 1. The number of aromatic nitrogens is 3. The molecule has 2 rings (SSSR count). The molecule has 0 bridgehead atoms. The van der Waals surface area contributed by atoms with Crippen LogP contribution in [-0.2, 0) is 13.6 Å². The minimum absolute atomic E-state index is 0.633. The van der Waals surface area contributed by atoms with Crippen LogP contribution in [0, 0.1) is 6.92 Å². The molecule has 5 nitrogen and oxygen atoms in total. The Balaban J connectivity index is 2.08. The van der Waals surface area contributed by atoms with E-state index in [1.54, 1.807) is 17.1 Å². The lowest BCUT2D eigenvalue weighted by Gasteiger charge is -2.05. The number of nitrogen functional groups attached to an aromatic ring is 1. The summed E-state index contributed by atoms with van der Waals surface area (Å²) >= 11 is 0. The summed E-state index contributed by atoms with van der Waals surface area (Å²) < 4.78 is 1.68. The molecule has 0 atom stereocenters. The minimum atomic E-state index is 0.633. The van der Waals surface area contributed by atoms with Crippen LogP contribution in [0.25, 0.3) is 0 Å². The van der Waals surface area contributed by atoms with E-state index in [1.807, 2.05) is 26.1 Å². The molecule has 2 aromatic heterocycles. The zero-order valence-corrected chi connectivity index (χ0v) is 9.44. The van der Waals surface area contributed by atoms with E-state index in [-0.39, 0.29) is 0 Å². The zero-order valence-electron chi connectivity index (χ0n) is 9.44. The van der Waals surface area contributed by atoms with E-state index >= 15 is 0 Å². The maximum Gasteiger partial charge on any atom is 0.171 e. The number of rotatable bonds is 3. The second-order valence-corrected chi connectivity index (χ2v) is 3.73. The van der Waals surface area contributed by atoms with E-state index < -0.39 is 0 Å². The van der Waals surface area contributed by atoms with Crippen molar-refractivity contribution in [1.82, 2.24) is 14.8 Å². The van der Waals surface area contributed by atoms with Crippen LogP contribution >= 0.6 is 0 Å². The van der Waals surface area contributed by atoms with Crippen LogP contribution in [-0.4, -0.2) is 14.8 Å². The van der Waals surface area contributed by atoms with Crippen molar-refractivity contribution < 1.29 is 0 Å². The van der Waals surface area contributed by atoms with Crippen molar-refractivity contribution in [1.29, 1.82) is 0 Å². The van der Waals surface area contributed by atoms with Gasteiger partial charge < -0.3 is 11.1 Å². The normalized spacial score (nSPS) is 10.4. The van der Waals surface area contributed by atoms with Crippen molar-refractivity contribution >= 4 is 11.5 Å². The van der Waals surface area contributed by atoms with Crippen LogP contribution in [0.15, 0.2) is 24.5 Å². The van der Waals surface area contributed by atoms with Gasteiger partial charge in [-0.2, -0.15) is 5.10 Å². The van der Waals surface area contributed by atoms with Gasteiger partial charge in [0.25, 0.3) is 0 Å². The number of nitrogens with two attached hydrogens (primary N) is 1. The highest BCUT2D eigenvalue weighted by Crippen LogP contribution is 2.15. The lowest BCUT2D eigenvalue weighted by molar-refractivity contribution is 0.768. The Morgan fingerprint density at radius 3 is 2.94 bits per heavy atom. The molecular formula is C11H15N5. The van der Waals surface area contributed by atoms with Gasteiger partial charge in [0, 0.05) is 19.4 Å². The van der Waals surface area contributed by atoms with Crippen molar-refractivity contribution in [2.24, 2.45) is 7.05 Å². The molecule has 2 aromatic rings. The highest BCUT2D eigenvalue weighted by atomic mass is 15.3. The fraction of sp³-hybridized carbons (Fsp3) is 0.273. The summed E-state index contributed by atoms with van der Waals surface area (Å²) in [6, 6.07) is 3.96. The largest absolute Gasteiger partial charge is 0.394 e. The molecule has 16 heavy (non-hydrogen) atoms. The molecule has 0 aliphatic heterocycles. The molecule has 0 amide bonds. The quantitative estimate of drug-likeness (QED) is 0.813. The average Bonchev–Trinajstić information content (AvgIpc) is 2.56. The summed E-state index contributed by atoms with van der Waals surface area (Å²) in [4.78, 5) is 4.29. The summed E-state index contributed by atoms with van der Waals surface area (Å²) in [5, 5.41) is 7.38. The molecule has 0 saturated heterocycles. The van der Waals surface area contributed by atoms with Gasteiger partial charge in [0.1, 0.15) is 0 Å². The zero-order chi connectivity index (χ0) is 11.5. The maximum atomic E-state index is 5.78. The third kappa shape index (κ3) is 2.13. The highest BCUT2D eigenvalue weighted by molar-refractivity contribution is 5.59. The number of anilines is 2. The van der Waals surface area contributed by atoms with Crippen LogP contribution in [0.5, 0.6) is 0 Å². The monoisotopic (exact) mass is 217 g/mol. The van der Waals surface area contributed by atoms with Gasteiger partial charge in [-0.1, -0.05) is 6.07 Å². The van der Waals surface area contributed by atoms with Crippen molar-refractivity contribution in [2.45, 2.75) is 13.5 Å². The summed E-state index contributed by atoms with van der Waals surface area (Å²) in [6.45, 7) is 2.67. The van der Waals surface area contributed by atoms with E-state index in [0.29, 0.717) is 18.1 Å². The predicted octanol–water partition coefficient (Wildman–Crippen LogP) is 1.32. The van der Waals surface area contributed by atoms with Crippen molar-refractivity contribution in [3.63, 3.8) is 0 Å². The lowest BCUT2D eigenvalue weighted by atomic mass is 10.2. The summed E-state index contributed by atoms with van der Waals surface area (Å²) in [5.41, 5.74) is 8.59. The van der Waals surface area contributed by atoms with E-state index in [2.05, 4.69) is 15.4 Å². The standard InChI is InChI=1S/C11H15N5/c1-8-4-3-5-13-10(8)6-14-11-9(12)7-16(2)15-11/h3-5,7H,6,12H2,1-2H3,(H,14,15). The fourth-order valence-electron chi connectivity index (χ4n) is 1.52. The lowest BCUT2D eigenvalue weighted by Crippen LogP contribution is -2.05. The van der Waals surface area contributed by atoms with E-state index in [1.165, 1.54) is 0 Å². The molecule has 5 heteroatoms. The molecule has 3 N–H and O–H groups in total. The van der Waals surface area contributed by atoms with E-state index in [9.17, 15) is 0 Å². The van der Waals surface area contributed by atoms with Crippen molar-refractivity contribution in [2.75, 3.05) is 11.1 Å². The van der Waals surface area contributed by atoms with Crippen LogP contribution < -0.4 is 11.1 Å². The van der Waals surface area contributed by atoms with Gasteiger partial charge in [0.15, 0.2) is 5.82 Å². The Bertz CT molecular complexity index is 489. The molecule has 84 valence electrons. The maximum absolute atomic E-state index is 5.78. The van der Waals surface area contributed by atoms with Gasteiger partial charge in [-0.3, -0.25) is 9.67 Å². The molecule has 0 radical (unpaired) electrons. The number of hydrogen-bond donors (Lipinski definition) is 2. The third-order valence-corrected chi connectivity index (χ3v) is 2.40. The van der Waals surface area contributed by atoms with Gasteiger partial charge in [-0.25, -0.2) is 0 Å². The van der Waals surface area contributed by atoms with Gasteiger partial charge in [-0.15, -0.1) is 0 Å². The smallest absolute Gasteiger partial charge is 0.171 e. The number of hydrogen-bond acceptors (Lipinski definition) is 4. The molecule has 0 unspecified atom stereocenters. The fourth-order valence-corrected chi connectivity index (χ4v) is 1.52. The van der Waals surface area contributed by atoms with Crippen LogP contribution in [0.2, 0.25) is 0 Å². The first-order valence-corrected chi connectivity index (χ1v) is 5.10. The topological polar surface area (TPSA) is 68.8 Å². The molecule has 0 aliphatic carbocycles. The second-order valence-electron chi connectivity index (χ2n) is 3.73. The van der Waals surface area contributed by atoms with Gasteiger partial charge in [-0.05, 0) is 18.6 Å². The molecule has 0 fully saturated rings. The van der Waals surface area contributed by atoms with Crippen LogP contribution in [0.3, 0.4) is 0 Å². The predicted molar refractivity (Wildman–Crippen MR) is 63.9 cm³/mol. The SMILES string of the molecule is Cc1cccnc1CNc1nn(C)cc1N. The highest BCUT2D eigenvalue weighted by Gasteiger charge is 2.04. The second kappa shape index (κ2) is 4.22. The summed E-state index contributed by atoms with van der Waals surface area (Å²) in [6.07, 6.45) is 3.55. The molecule has 0 saturated carbocycles. The number of nitrogens with zero attached hydrogens (tertiary/aromatic N) is 3. The van der Waals surface area contributed by atoms with Crippen LogP contribution in [0.4, 0.5) is 11.5 Å². The Labute approximate surface area is 94.3 Å². The first-order valence-electron chi connectivity index (χ1n) is 5.10. The Morgan fingerprint density at radius 1 is 1.50 bits per heavy atom. The summed E-state index contributed by atoms with van der Waals surface area (Å²) in [5.74, 6) is 0.701. The molecular weight excluding hydrogens is 202 g/mol. The molecule has 0 spiro atoms. The van der Waals surface area contributed by atoms with Crippen LogP contribution in [0.1, 0.15) is 11.3 Å². The number of nitrogens with one attached hydrogen (secondary N) is 1. The molecule has 0 aromatic carbocycles. The minimum Gasteiger partial charge on any atom is -0.394 e. The third-order valence-electron chi connectivity index (χ3n) is 2.40. The first-order chi connectivity index (χ1) is 7.66. The average molecular weight is 217 g/mol. The number of aryl methyl sites for hydroxylation is 2. The molecule has 2 heterocycles. The Kier molecular flexibility index (Phi) is 2.76. The summed E-state index contributed by atoms with van der Waals surface area (Å²) in [7, 11) is 1.84.